The van der Waals surface area contributed by atoms with Crippen LogP contribution in [-0.2, 0) is 6.54 Å². The molecule has 0 aliphatic carbocycles. The molecule has 0 bridgehead atoms. The van der Waals surface area contributed by atoms with Crippen LogP contribution in [0.1, 0.15) is 11.1 Å². The van der Waals surface area contributed by atoms with Crippen LogP contribution in [0.2, 0.25) is 0 Å². The van der Waals surface area contributed by atoms with E-state index in [-0.39, 0.29) is 0 Å². The predicted octanol–water partition coefficient (Wildman–Crippen LogP) is 4.27. The minimum absolute atomic E-state index is 0.522. The molecule has 0 spiro atoms. The van der Waals surface area contributed by atoms with Crippen molar-refractivity contribution in [2.45, 2.75) is 6.54 Å². The molecule has 0 saturated carbocycles. The average molecular weight is 416 g/mol. The number of nitrogens with one attached hydrogen (secondary N) is 1. The zero-order valence-corrected chi connectivity index (χ0v) is 16.0. The second-order valence-electron chi connectivity index (χ2n) is 5.97. The van der Waals surface area contributed by atoms with Gasteiger partial charge in [-0.3, -0.25) is 4.98 Å². The summed E-state index contributed by atoms with van der Waals surface area (Å²) in [6.45, 7) is 0.632. The Labute approximate surface area is 166 Å². The molecule has 0 atom stereocenters. The Morgan fingerprint density at radius 3 is 2.74 bits per heavy atom. The molecule has 27 heavy (non-hydrogen) atoms. The fraction of sp³-hybridized carbons (Fsp3) is 0.0500. The second-order valence-corrected chi connectivity index (χ2v) is 6.89. The molecule has 0 amide bonds. The SMILES string of the molecule is [B]/C(Br)=C/c1cnn2c(NCc3cccnc3)cc(-c3ccccc3)nc12. The number of pyridine rings is 1. The molecule has 0 fully saturated rings. The third kappa shape index (κ3) is 3.93. The molecule has 3 aromatic heterocycles. The van der Waals surface area contributed by atoms with E-state index < -0.39 is 0 Å². The van der Waals surface area contributed by atoms with Gasteiger partial charge in [0, 0.05) is 36.1 Å². The number of nitrogens with zero attached hydrogens (tertiary/aromatic N) is 4. The fourth-order valence-corrected chi connectivity index (χ4v) is 3.05. The first-order chi connectivity index (χ1) is 13.2. The van der Waals surface area contributed by atoms with Gasteiger partial charge in [-0.2, -0.15) is 9.61 Å². The highest BCUT2D eigenvalue weighted by Crippen LogP contribution is 2.25. The molecule has 1 N–H and O–H groups in total. The van der Waals surface area contributed by atoms with Gasteiger partial charge in [0.15, 0.2) is 5.65 Å². The summed E-state index contributed by atoms with van der Waals surface area (Å²) in [6.07, 6.45) is 7.15. The summed E-state index contributed by atoms with van der Waals surface area (Å²) in [5, 5.41) is 7.91. The maximum Gasteiger partial charge on any atom is 0.165 e. The van der Waals surface area contributed by atoms with Gasteiger partial charge in [0.25, 0.3) is 0 Å². The van der Waals surface area contributed by atoms with Crippen LogP contribution < -0.4 is 5.32 Å². The van der Waals surface area contributed by atoms with Crippen LogP contribution >= 0.6 is 15.9 Å². The van der Waals surface area contributed by atoms with Gasteiger partial charge < -0.3 is 5.32 Å². The number of fused-ring (bicyclic) bond motifs is 1. The Hall–Kier alpha value is -2.93. The molecule has 3 heterocycles. The number of benzene rings is 1. The molecule has 4 rings (SSSR count). The van der Waals surface area contributed by atoms with E-state index in [1.54, 1.807) is 23.0 Å². The van der Waals surface area contributed by atoms with Gasteiger partial charge in [0.05, 0.1) is 11.9 Å². The van der Waals surface area contributed by atoms with E-state index in [0.717, 1.165) is 33.8 Å². The van der Waals surface area contributed by atoms with Crippen LogP contribution in [-0.4, -0.2) is 27.4 Å². The van der Waals surface area contributed by atoms with E-state index in [1.807, 2.05) is 54.7 Å². The number of aromatic nitrogens is 4. The summed E-state index contributed by atoms with van der Waals surface area (Å²) >= 11 is 3.28. The predicted molar refractivity (Wildman–Crippen MR) is 113 cm³/mol. The molecule has 4 aromatic rings. The lowest BCUT2D eigenvalue weighted by molar-refractivity contribution is 0.925. The van der Waals surface area contributed by atoms with Crippen LogP contribution in [0.3, 0.4) is 0 Å². The highest BCUT2D eigenvalue weighted by atomic mass is 79.9. The van der Waals surface area contributed by atoms with E-state index in [0.29, 0.717) is 10.9 Å². The number of hydrogen-bond donors (Lipinski definition) is 1. The summed E-state index contributed by atoms with van der Waals surface area (Å²) in [4.78, 5) is 8.96. The number of rotatable bonds is 5. The third-order valence-electron chi connectivity index (χ3n) is 4.06. The van der Waals surface area contributed by atoms with E-state index in [4.69, 9.17) is 12.8 Å². The first-order valence-electron chi connectivity index (χ1n) is 8.40. The number of hydrogen-bond acceptors (Lipinski definition) is 4. The molecule has 2 radical (unpaired) electrons. The highest BCUT2D eigenvalue weighted by Gasteiger charge is 2.12. The van der Waals surface area contributed by atoms with Crippen LogP contribution in [0.4, 0.5) is 5.82 Å². The number of halogens is 1. The van der Waals surface area contributed by atoms with Crippen molar-refractivity contribution in [1.29, 1.82) is 0 Å². The van der Waals surface area contributed by atoms with Gasteiger partial charge in [-0.25, -0.2) is 4.98 Å². The van der Waals surface area contributed by atoms with Gasteiger partial charge in [0.2, 0.25) is 0 Å². The first kappa shape index (κ1) is 17.5. The van der Waals surface area contributed by atoms with E-state index in [9.17, 15) is 0 Å². The van der Waals surface area contributed by atoms with Crippen LogP contribution in [0, 0.1) is 0 Å². The molecule has 1 aromatic carbocycles. The lowest BCUT2D eigenvalue weighted by Gasteiger charge is -2.11. The minimum atomic E-state index is 0.522. The third-order valence-corrected chi connectivity index (χ3v) is 4.29. The lowest BCUT2D eigenvalue weighted by atomic mass is 10.1. The molecule has 0 unspecified atom stereocenters. The molecular formula is C20H15BBrN5. The quantitative estimate of drug-likeness (QED) is 0.494. The number of anilines is 1. The van der Waals surface area contributed by atoms with Crippen molar-refractivity contribution in [1.82, 2.24) is 19.6 Å². The molecule has 0 saturated heterocycles. The Balaban J connectivity index is 1.80. The van der Waals surface area contributed by atoms with Crippen molar-refractivity contribution in [2.24, 2.45) is 0 Å². The topological polar surface area (TPSA) is 55.1 Å². The Morgan fingerprint density at radius 2 is 2.00 bits per heavy atom. The summed E-state index contributed by atoms with van der Waals surface area (Å²) in [6, 6.07) is 16.0. The molecular weight excluding hydrogens is 401 g/mol. The standard InChI is InChI=1S/C20H15BBrN5/c21-18(22)9-16-13-25-27-19(24-12-14-5-4-8-23-11-14)10-17(26-20(16)27)15-6-2-1-3-7-15/h1-11,13,24H,12H2/b18-9-. The van der Waals surface area contributed by atoms with E-state index in [1.165, 1.54) is 0 Å². The normalized spacial score (nSPS) is 11.7. The smallest absolute Gasteiger partial charge is 0.165 e. The largest absolute Gasteiger partial charge is 0.366 e. The van der Waals surface area contributed by atoms with Gasteiger partial charge in [-0.15, -0.1) is 0 Å². The van der Waals surface area contributed by atoms with Crippen molar-refractivity contribution < 1.29 is 0 Å². The molecule has 0 aliphatic heterocycles. The van der Waals surface area contributed by atoms with Crippen molar-refractivity contribution in [2.75, 3.05) is 5.32 Å². The Bertz CT molecular complexity index is 1090. The first-order valence-corrected chi connectivity index (χ1v) is 9.19. The van der Waals surface area contributed by atoms with Crippen LogP contribution in [0.15, 0.2) is 71.5 Å². The molecule has 130 valence electrons. The highest BCUT2D eigenvalue weighted by molar-refractivity contribution is 9.12. The van der Waals surface area contributed by atoms with Crippen molar-refractivity contribution >= 4 is 41.3 Å². The van der Waals surface area contributed by atoms with E-state index >= 15 is 0 Å². The summed E-state index contributed by atoms with van der Waals surface area (Å²) in [5.74, 6) is 0.843. The van der Waals surface area contributed by atoms with Crippen LogP contribution in [0.5, 0.6) is 0 Å². The van der Waals surface area contributed by atoms with Gasteiger partial charge in [-0.05, 0) is 17.7 Å². The van der Waals surface area contributed by atoms with Crippen molar-refractivity contribution in [3.8, 4) is 11.3 Å². The maximum absolute atomic E-state index is 5.79. The minimum Gasteiger partial charge on any atom is -0.366 e. The zero-order chi connectivity index (χ0) is 18.6. The molecule has 7 heteroatoms. The maximum atomic E-state index is 5.79. The van der Waals surface area contributed by atoms with Gasteiger partial charge >= 0.3 is 0 Å². The summed E-state index contributed by atoms with van der Waals surface area (Å²) in [7, 11) is 5.79. The van der Waals surface area contributed by atoms with E-state index in [2.05, 4.69) is 31.3 Å². The molecule has 0 aliphatic rings. The Morgan fingerprint density at radius 1 is 1.15 bits per heavy atom. The molecule has 5 nitrogen and oxygen atoms in total. The average Bonchev–Trinajstić information content (AvgIpc) is 3.10. The summed E-state index contributed by atoms with van der Waals surface area (Å²) < 4.78 is 2.30. The lowest BCUT2D eigenvalue weighted by Crippen LogP contribution is -2.07. The van der Waals surface area contributed by atoms with Crippen molar-refractivity contribution in [3.05, 3.63) is 82.6 Å². The fourth-order valence-electron chi connectivity index (χ4n) is 2.81. The zero-order valence-electron chi connectivity index (χ0n) is 14.4. The summed E-state index contributed by atoms with van der Waals surface area (Å²) in [5.41, 5.74) is 4.55. The van der Waals surface area contributed by atoms with Crippen molar-refractivity contribution in [3.63, 3.8) is 0 Å². The Kier molecular flexibility index (Phi) is 5.02. The monoisotopic (exact) mass is 415 g/mol. The second kappa shape index (κ2) is 7.76. The van der Waals surface area contributed by atoms with Gasteiger partial charge in [0.1, 0.15) is 13.7 Å². The van der Waals surface area contributed by atoms with Crippen LogP contribution in [0.25, 0.3) is 23.0 Å². The van der Waals surface area contributed by atoms with Gasteiger partial charge in [-0.1, -0.05) is 56.7 Å².